The smallest absolute Gasteiger partial charge is 0.863 e. The first-order valence-corrected chi connectivity index (χ1v) is 20.9. The van der Waals surface area contributed by atoms with Gasteiger partial charge >= 0.3 is 29.6 Å². The van der Waals surface area contributed by atoms with Gasteiger partial charge in [0.25, 0.3) is 0 Å². The Morgan fingerprint density at radius 2 is 0.667 bits per heavy atom. The monoisotopic (exact) mass is 286 g/mol. The van der Waals surface area contributed by atoms with Gasteiger partial charge in [-0.05, 0) is 0 Å². The predicted molar refractivity (Wildman–Crippen MR) is 75.8 cm³/mol. The summed E-state index contributed by atoms with van der Waals surface area (Å²) in [5.74, 6) is 0. The van der Waals surface area contributed by atoms with Gasteiger partial charge in [-0.3, -0.25) is 0 Å². The minimum atomic E-state index is -2.19. The molecule has 0 unspecified atom stereocenters. The Hall–Kier alpha value is 1.83. The van der Waals surface area contributed by atoms with Crippen molar-refractivity contribution >= 4 is 29.6 Å². The first kappa shape index (κ1) is 19.2. The van der Waals surface area contributed by atoms with E-state index in [9.17, 15) is 4.80 Å². The molecule has 0 saturated heterocycles. The van der Waals surface area contributed by atoms with Crippen LogP contribution in [0.3, 0.4) is 0 Å². The summed E-state index contributed by atoms with van der Waals surface area (Å²) < 4.78 is 0. The van der Waals surface area contributed by atoms with E-state index in [2.05, 4.69) is 58.9 Å². The maximum absolute atomic E-state index is 13.5. The molecule has 0 spiro atoms. The summed E-state index contributed by atoms with van der Waals surface area (Å²) in [7, 11) is -4.42. The van der Waals surface area contributed by atoms with Crippen LogP contribution in [0.2, 0.25) is 58.9 Å². The van der Waals surface area contributed by atoms with Gasteiger partial charge in [-0.15, -0.1) is 0 Å². The minimum Gasteiger partial charge on any atom is -0.863 e. The Bertz CT molecular complexity index is 176. The first-order valence-electron chi connectivity index (χ1n) is 5.45. The fourth-order valence-electron chi connectivity index (χ4n) is 3.38. The van der Waals surface area contributed by atoms with E-state index >= 15 is 0 Å². The molecule has 0 aliphatic heterocycles. The van der Waals surface area contributed by atoms with Crippen LogP contribution in [0.4, 0.5) is 0 Å². The Morgan fingerprint density at radius 1 is 0.533 bits per heavy atom. The molecule has 0 amide bonds. The van der Waals surface area contributed by atoms with Gasteiger partial charge in [0.2, 0.25) is 0 Å². The van der Waals surface area contributed by atoms with Crippen molar-refractivity contribution < 1.29 is 34.4 Å². The van der Waals surface area contributed by atoms with Crippen molar-refractivity contribution in [2.45, 2.75) is 58.9 Å². The fourth-order valence-corrected chi connectivity index (χ4v) is 91.1. The van der Waals surface area contributed by atoms with Crippen LogP contribution in [-0.2, 0) is 0 Å². The van der Waals surface area contributed by atoms with E-state index in [0.29, 0.717) is 0 Å². The molecule has 0 atom stereocenters. The van der Waals surface area contributed by atoms with E-state index < -0.39 is 29.6 Å². The summed E-state index contributed by atoms with van der Waals surface area (Å²) in [5, 5.41) is 0. The fraction of sp³-hybridized carbons (Fsp3) is 1.00. The molecule has 0 rings (SSSR count). The van der Waals surface area contributed by atoms with Crippen LogP contribution in [0.25, 0.3) is 0 Å². The molecule has 0 heterocycles. The summed E-state index contributed by atoms with van der Waals surface area (Å²) in [4.78, 5) is 13.5. The second kappa shape index (κ2) is 5.22. The Kier molecular flexibility index (Phi) is 6.67. The predicted octanol–water partition coefficient (Wildman–Crippen LogP) is -0.454. The van der Waals surface area contributed by atoms with Crippen molar-refractivity contribution in [3.05, 3.63) is 0 Å². The third-order valence-corrected chi connectivity index (χ3v) is 69.0. The maximum atomic E-state index is 13.5. The summed E-state index contributed by atoms with van der Waals surface area (Å²) in [6, 6.07) is 0. The van der Waals surface area contributed by atoms with Crippen molar-refractivity contribution in [1.29, 1.82) is 0 Å². The van der Waals surface area contributed by atoms with Crippen molar-refractivity contribution in [3.63, 3.8) is 0 Å². The molecular weight excluding hydrogens is 259 g/mol. The minimum absolute atomic E-state index is 0. The maximum Gasteiger partial charge on any atom is 1.00 e. The van der Waals surface area contributed by atoms with Gasteiger partial charge in [0, 0.05) is 22.8 Å². The first-order chi connectivity index (χ1) is 5.75. The Morgan fingerprint density at radius 3 is 0.667 bits per heavy atom. The van der Waals surface area contributed by atoms with Crippen molar-refractivity contribution in [2.24, 2.45) is 0 Å². The average Bonchev–Trinajstić information content (AvgIpc) is 1.77. The van der Waals surface area contributed by atoms with Gasteiger partial charge in [-0.1, -0.05) is 65.8 Å². The molecule has 15 heavy (non-hydrogen) atoms. The van der Waals surface area contributed by atoms with Crippen LogP contribution < -0.4 is 34.4 Å². The van der Waals surface area contributed by atoms with Gasteiger partial charge < -0.3 is 4.80 Å². The number of hydrogen-bond donors (Lipinski definition) is 0. The van der Waals surface area contributed by atoms with Crippen LogP contribution >= 0.6 is 0 Å². The number of rotatable bonds is 3. The van der Waals surface area contributed by atoms with E-state index in [1.807, 2.05) is 0 Å². The molecular formula is C9H27NaOSi4. The molecule has 0 aromatic rings. The third-order valence-electron chi connectivity index (χ3n) is 3.17. The molecule has 0 N–H and O–H groups in total. The van der Waals surface area contributed by atoms with Crippen LogP contribution in [0.15, 0.2) is 0 Å². The van der Waals surface area contributed by atoms with E-state index in [1.54, 1.807) is 0 Å². The molecule has 6 heteroatoms. The Balaban J connectivity index is 0. The second-order valence-corrected chi connectivity index (χ2v) is 46.6. The molecule has 0 radical (unpaired) electrons. The van der Waals surface area contributed by atoms with Gasteiger partial charge in [0.15, 0.2) is 0 Å². The van der Waals surface area contributed by atoms with Crippen molar-refractivity contribution in [2.75, 3.05) is 0 Å². The van der Waals surface area contributed by atoms with Gasteiger partial charge in [-0.25, -0.2) is 0 Å². The molecule has 0 bridgehead atoms. The van der Waals surface area contributed by atoms with Crippen LogP contribution in [0.5, 0.6) is 0 Å². The van der Waals surface area contributed by atoms with Gasteiger partial charge in [0.05, 0.1) is 0 Å². The van der Waals surface area contributed by atoms with Gasteiger partial charge in [-0.2, -0.15) is 0 Å². The molecule has 1 nitrogen and oxygen atoms in total. The Labute approximate surface area is 122 Å². The topological polar surface area (TPSA) is 23.1 Å². The standard InChI is InChI=1S/C9H27OSi4.Na/c1-11(2,3)14(10,12(4,5)6)13(7,8)9;/h1-9H3;/q-1;+1. The summed E-state index contributed by atoms with van der Waals surface area (Å²) in [5.41, 5.74) is 0. The largest absolute Gasteiger partial charge is 1.00 e. The van der Waals surface area contributed by atoms with E-state index in [4.69, 9.17) is 0 Å². The van der Waals surface area contributed by atoms with Crippen LogP contribution in [0, 0.1) is 0 Å². The molecule has 0 aromatic carbocycles. The molecule has 0 aliphatic rings. The van der Waals surface area contributed by atoms with Crippen LogP contribution in [-0.4, -0.2) is 29.6 Å². The van der Waals surface area contributed by atoms with Crippen molar-refractivity contribution in [1.82, 2.24) is 0 Å². The average molecular weight is 287 g/mol. The van der Waals surface area contributed by atoms with Crippen molar-refractivity contribution in [3.8, 4) is 0 Å². The normalized spacial score (nSPS) is 14.8. The quantitative estimate of drug-likeness (QED) is 0.644. The van der Waals surface area contributed by atoms with E-state index in [1.165, 1.54) is 0 Å². The van der Waals surface area contributed by atoms with E-state index in [0.717, 1.165) is 0 Å². The molecule has 0 aliphatic carbocycles. The summed E-state index contributed by atoms with van der Waals surface area (Å²) >= 11 is 0. The zero-order valence-corrected chi connectivity index (χ0v) is 18.4. The second-order valence-electron chi connectivity index (χ2n) is 7.43. The SMILES string of the molecule is C[Si](C)(C)[Si]([O-])([Si](C)(C)C)[Si](C)(C)C.[Na+]. The van der Waals surface area contributed by atoms with Gasteiger partial charge in [0.1, 0.15) is 0 Å². The third kappa shape index (κ3) is 3.64. The number of hydrogen-bond acceptors (Lipinski definition) is 1. The molecule has 0 fully saturated rings. The van der Waals surface area contributed by atoms with Crippen LogP contribution in [0.1, 0.15) is 0 Å². The summed E-state index contributed by atoms with van der Waals surface area (Å²) in [6.07, 6.45) is 0. The molecule has 0 saturated carbocycles. The summed E-state index contributed by atoms with van der Waals surface area (Å²) in [6.45, 7) is 18.7. The van der Waals surface area contributed by atoms with E-state index in [-0.39, 0.29) is 29.6 Å². The zero-order chi connectivity index (χ0) is 12.0. The zero-order valence-electron chi connectivity index (χ0n) is 12.4. The molecule has 0 aromatic heterocycles. The molecule has 86 valence electrons.